The monoisotopic (exact) mass is 386 g/mol. The summed E-state index contributed by atoms with van der Waals surface area (Å²) in [6.45, 7) is 4.97. The van der Waals surface area contributed by atoms with Crippen molar-refractivity contribution < 1.29 is 23.5 Å². The molecule has 2 amide bonds. The summed E-state index contributed by atoms with van der Waals surface area (Å²) in [5.41, 5.74) is 0.591. The van der Waals surface area contributed by atoms with Gasteiger partial charge in [-0.25, -0.2) is 4.39 Å². The number of nitrogens with zero attached hydrogens (tertiary/aromatic N) is 1. The van der Waals surface area contributed by atoms with Crippen molar-refractivity contribution >= 4 is 17.5 Å². The quantitative estimate of drug-likeness (QED) is 0.794. The second kappa shape index (κ2) is 8.73. The first-order chi connectivity index (χ1) is 13.5. The zero-order valence-electron chi connectivity index (χ0n) is 15.9. The second-order valence-corrected chi connectivity index (χ2v) is 6.28. The topological polar surface area (TPSA) is 67.9 Å². The van der Waals surface area contributed by atoms with E-state index in [9.17, 15) is 14.0 Å². The Hall–Kier alpha value is -3.09. The highest BCUT2D eigenvalue weighted by Crippen LogP contribution is 2.29. The lowest BCUT2D eigenvalue weighted by Gasteiger charge is -2.18. The Morgan fingerprint density at radius 1 is 1.14 bits per heavy atom. The summed E-state index contributed by atoms with van der Waals surface area (Å²) in [5.74, 6) is -0.144. The van der Waals surface area contributed by atoms with Gasteiger partial charge < -0.3 is 19.7 Å². The van der Waals surface area contributed by atoms with Gasteiger partial charge in [0, 0.05) is 12.1 Å². The Morgan fingerprint density at radius 3 is 2.57 bits per heavy atom. The first-order valence-corrected chi connectivity index (χ1v) is 9.31. The molecule has 1 N–H and O–H groups in total. The lowest BCUT2D eigenvalue weighted by Crippen LogP contribution is -2.41. The number of hydrogen-bond acceptors (Lipinski definition) is 4. The van der Waals surface area contributed by atoms with Crippen molar-refractivity contribution in [3.63, 3.8) is 0 Å². The lowest BCUT2D eigenvalue weighted by atomic mass is 10.1. The summed E-state index contributed by atoms with van der Waals surface area (Å²) in [6, 6.07) is 10.3. The molecule has 0 spiro atoms. The van der Waals surface area contributed by atoms with Gasteiger partial charge in [0.15, 0.2) is 11.5 Å². The van der Waals surface area contributed by atoms with E-state index in [4.69, 9.17) is 9.47 Å². The van der Waals surface area contributed by atoms with Gasteiger partial charge >= 0.3 is 0 Å². The minimum atomic E-state index is -0.700. The van der Waals surface area contributed by atoms with E-state index in [1.54, 1.807) is 36.4 Å². The Kier molecular flexibility index (Phi) is 6.13. The molecule has 148 valence electrons. The molecule has 0 aromatic heterocycles. The molecule has 1 unspecified atom stereocenters. The molecule has 0 radical (unpaired) electrons. The van der Waals surface area contributed by atoms with E-state index < -0.39 is 17.8 Å². The molecule has 0 aliphatic carbocycles. The first kappa shape index (κ1) is 19.7. The Labute approximate surface area is 163 Å². The molecule has 1 fully saturated rings. The highest BCUT2D eigenvalue weighted by atomic mass is 19.1. The van der Waals surface area contributed by atoms with Crippen LogP contribution in [0.15, 0.2) is 42.5 Å². The average Bonchev–Trinajstić information content (AvgIpc) is 3.04. The number of ether oxygens (including phenoxy) is 2. The molecule has 7 heteroatoms. The van der Waals surface area contributed by atoms with Gasteiger partial charge in [-0.2, -0.15) is 0 Å². The summed E-state index contributed by atoms with van der Waals surface area (Å²) < 4.78 is 25.0. The van der Waals surface area contributed by atoms with Gasteiger partial charge in [-0.15, -0.1) is 0 Å². The normalized spacial score (nSPS) is 16.2. The van der Waals surface area contributed by atoms with Gasteiger partial charge in [0.1, 0.15) is 11.9 Å². The van der Waals surface area contributed by atoms with E-state index in [-0.39, 0.29) is 11.6 Å². The average molecular weight is 386 g/mol. The second-order valence-electron chi connectivity index (χ2n) is 6.28. The van der Waals surface area contributed by atoms with Gasteiger partial charge in [-0.3, -0.25) is 9.59 Å². The Morgan fingerprint density at radius 2 is 1.86 bits per heavy atom. The maximum atomic E-state index is 14.0. The van der Waals surface area contributed by atoms with Crippen molar-refractivity contribution in [2.75, 3.05) is 24.7 Å². The number of anilines is 1. The molecule has 2 aromatic rings. The van der Waals surface area contributed by atoms with Crippen molar-refractivity contribution in [3.05, 3.63) is 53.8 Å². The van der Waals surface area contributed by atoms with Crippen LogP contribution in [0.1, 0.15) is 30.6 Å². The minimum Gasteiger partial charge on any atom is -0.490 e. The van der Waals surface area contributed by atoms with Crippen molar-refractivity contribution in [1.82, 2.24) is 5.32 Å². The Balaban J connectivity index is 1.72. The standard InChI is InChI=1S/C21H23FN2O4/c1-3-27-18-10-9-14(13-19(18)28-4-2)20(25)23-16-11-12-24(21(16)26)17-8-6-5-7-15(17)22/h5-10,13,16H,3-4,11-12H2,1-2H3,(H,23,25). The van der Waals surface area contributed by atoms with Crippen LogP contribution in [-0.4, -0.2) is 37.6 Å². The number of nitrogens with one attached hydrogen (secondary N) is 1. The van der Waals surface area contributed by atoms with E-state index in [2.05, 4.69) is 5.32 Å². The van der Waals surface area contributed by atoms with Crippen molar-refractivity contribution in [2.24, 2.45) is 0 Å². The molecule has 1 heterocycles. The molecule has 6 nitrogen and oxygen atoms in total. The SMILES string of the molecule is CCOc1ccc(C(=O)NC2CCN(c3ccccc3F)C2=O)cc1OCC. The third-order valence-electron chi connectivity index (χ3n) is 4.46. The van der Waals surface area contributed by atoms with Gasteiger partial charge in [-0.1, -0.05) is 12.1 Å². The van der Waals surface area contributed by atoms with Gasteiger partial charge in [0.2, 0.25) is 5.91 Å². The molecule has 0 bridgehead atoms. The molecule has 1 atom stereocenters. The highest BCUT2D eigenvalue weighted by molar-refractivity contribution is 6.04. The van der Waals surface area contributed by atoms with Crippen LogP contribution in [0.3, 0.4) is 0 Å². The number of hydrogen-bond donors (Lipinski definition) is 1. The molecule has 0 saturated carbocycles. The number of halogens is 1. The summed E-state index contributed by atoms with van der Waals surface area (Å²) in [7, 11) is 0. The van der Waals surface area contributed by atoms with Crippen LogP contribution in [0.2, 0.25) is 0 Å². The predicted molar refractivity (Wildman–Crippen MR) is 103 cm³/mol. The number of carbonyl (C=O) groups excluding carboxylic acids is 2. The molecule has 1 saturated heterocycles. The first-order valence-electron chi connectivity index (χ1n) is 9.31. The van der Waals surface area contributed by atoms with E-state index in [0.29, 0.717) is 43.2 Å². The number of para-hydroxylation sites is 1. The van der Waals surface area contributed by atoms with Crippen LogP contribution >= 0.6 is 0 Å². The van der Waals surface area contributed by atoms with Crippen molar-refractivity contribution in [1.29, 1.82) is 0 Å². The van der Waals surface area contributed by atoms with E-state index in [0.717, 1.165) is 0 Å². The summed E-state index contributed by atoms with van der Waals surface area (Å²) in [4.78, 5) is 26.6. The minimum absolute atomic E-state index is 0.226. The zero-order valence-corrected chi connectivity index (χ0v) is 15.9. The summed E-state index contributed by atoms with van der Waals surface area (Å²) in [5, 5.41) is 2.74. The van der Waals surface area contributed by atoms with E-state index in [1.807, 2.05) is 13.8 Å². The Bertz CT molecular complexity index is 871. The van der Waals surface area contributed by atoms with Crippen molar-refractivity contribution in [3.8, 4) is 11.5 Å². The smallest absolute Gasteiger partial charge is 0.252 e. The number of carbonyl (C=O) groups is 2. The number of rotatable bonds is 7. The van der Waals surface area contributed by atoms with Crippen LogP contribution in [0.5, 0.6) is 11.5 Å². The molecule has 28 heavy (non-hydrogen) atoms. The lowest BCUT2D eigenvalue weighted by molar-refractivity contribution is -0.118. The maximum absolute atomic E-state index is 14.0. The molecular weight excluding hydrogens is 363 g/mol. The van der Waals surface area contributed by atoms with Crippen LogP contribution in [0.4, 0.5) is 10.1 Å². The van der Waals surface area contributed by atoms with Gasteiger partial charge in [0.25, 0.3) is 5.91 Å². The molecule has 1 aliphatic rings. The molecule has 2 aromatic carbocycles. The maximum Gasteiger partial charge on any atom is 0.252 e. The predicted octanol–water partition coefficient (Wildman–Crippen LogP) is 3.16. The zero-order chi connectivity index (χ0) is 20.1. The van der Waals surface area contributed by atoms with Gasteiger partial charge in [0.05, 0.1) is 18.9 Å². The summed E-state index contributed by atoms with van der Waals surface area (Å²) in [6.07, 6.45) is 0.411. The fourth-order valence-electron chi connectivity index (χ4n) is 3.16. The molecule has 1 aliphatic heterocycles. The highest BCUT2D eigenvalue weighted by Gasteiger charge is 2.35. The molecular formula is C21H23FN2O4. The number of amides is 2. The third kappa shape index (κ3) is 4.08. The van der Waals surface area contributed by atoms with Crippen molar-refractivity contribution in [2.45, 2.75) is 26.3 Å². The van der Waals surface area contributed by atoms with Crippen LogP contribution in [0, 0.1) is 5.82 Å². The fraction of sp³-hybridized carbons (Fsp3) is 0.333. The largest absolute Gasteiger partial charge is 0.490 e. The van der Waals surface area contributed by atoms with Gasteiger partial charge in [-0.05, 0) is 50.6 Å². The van der Waals surface area contributed by atoms with Crippen LogP contribution < -0.4 is 19.7 Å². The van der Waals surface area contributed by atoms with Crippen LogP contribution in [0.25, 0.3) is 0 Å². The number of benzene rings is 2. The third-order valence-corrected chi connectivity index (χ3v) is 4.46. The molecule has 3 rings (SSSR count). The fourth-order valence-corrected chi connectivity index (χ4v) is 3.16. The van der Waals surface area contributed by atoms with Crippen LogP contribution in [-0.2, 0) is 4.79 Å². The van der Waals surface area contributed by atoms with E-state index >= 15 is 0 Å². The van der Waals surface area contributed by atoms with E-state index in [1.165, 1.54) is 11.0 Å². The summed E-state index contributed by atoms with van der Waals surface area (Å²) >= 11 is 0.